The lowest BCUT2D eigenvalue weighted by Gasteiger charge is -2.05. The van der Waals surface area contributed by atoms with Crippen molar-refractivity contribution in [3.05, 3.63) is 57.7 Å². The van der Waals surface area contributed by atoms with Crippen LogP contribution in [0.1, 0.15) is 21.9 Å². The molecule has 1 aromatic heterocycles. The van der Waals surface area contributed by atoms with Gasteiger partial charge in [-0.15, -0.1) is 0 Å². The molecular weight excluding hydrogens is 301 g/mol. The van der Waals surface area contributed by atoms with E-state index in [0.29, 0.717) is 10.2 Å². The van der Waals surface area contributed by atoms with Gasteiger partial charge in [-0.3, -0.25) is 4.79 Å². The van der Waals surface area contributed by atoms with Gasteiger partial charge in [0.25, 0.3) is 5.91 Å². The van der Waals surface area contributed by atoms with Crippen molar-refractivity contribution in [2.45, 2.75) is 13.5 Å². The molecule has 3 nitrogen and oxygen atoms in total. The Hall–Kier alpha value is -1.62. The third-order valence-electron chi connectivity index (χ3n) is 2.39. The quantitative estimate of drug-likeness (QED) is 0.943. The van der Waals surface area contributed by atoms with Crippen LogP contribution in [0, 0.1) is 12.7 Å². The number of amides is 1. The van der Waals surface area contributed by atoms with Gasteiger partial charge in [0.2, 0.25) is 0 Å². The summed E-state index contributed by atoms with van der Waals surface area (Å²) in [5, 5.41) is 2.60. The lowest BCUT2D eigenvalue weighted by Crippen LogP contribution is -2.23. The molecule has 94 valence electrons. The second kappa shape index (κ2) is 5.35. The summed E-state index contributed by atoms with van der Waals surface area (Å²) in [5.74, 6) is 0.387. The molecule has 2 aromatic rings. The van der Waals surface area contributed by atoms with Crippen molar-refractivity contribution in [3.8, 4) is 0 Å². The first-order valence-corrected chi connectivity index (χ1v) is 6.14. The van der Waals surface area contributed by atoms with Crippen LogP contribution < -0.4 is 5.32 Å². The molecule has 0 atom stereocenters. The summed E-state index contributed by atoms with van der Waals surface area (Å²) in [6, 6.07) is 7.81. The van der Waals surface area contributed by atoms with E-state index in [0.717, 1.165) is 5.76 Å². The number of halogens is 2. The van der Waals surface area contributed by atoms with Crippen LogP contribution in [0.4, 0.5) is 4.39 Å². The summed E-state index contributed by atoms with van der Waals surface area (Å²) in [4.78, 5) is 11.8. The van der Waals surface area contributed by atoms with Gasteiger partial charge in [-0.1, -0.05) is 15.9 Å². The van der Waals surface area contributed by atoms with E-state index < -0.39 is 11.7 Å². The van der Waals surface area contributed by atoms with Crippen LogP contribution in [0.25, 0.3) is 0 Å². The fraction of sp³-hybridized carbons (Fsp3) is 0.154. The smallest absolute Gasteiger partial charge is 0.254 e. The van der Waals surface area contributed by atoms with E-state index in [1.54, 1.807) is 18.2 Å². The van der Waals surface area contributed by atoms with Crippen molar-refractivity contribution in [1.29, 1.82) is 0 Å². The number of carbonyl (C=O) groups excluding carboxylic acids is 1. The maximum Gasteiger partial charge on any atom is 0.254 e. The van der Waals surface area contributed by atoms with Gasteiger partial charge in [0.1, 0.15) is 17.3 Å². The molecule has 1 aromatic carbocycles. The van der Waals surface area contributed by atoms with Crippen molar-refractivity contribution >= 4 is 21.8 Å². The first-order chi connectivity index (χ1) is 8.56. The lowest BCUT2D eigenvalue weighted by atomic mass is 10.2. The Morgan fingerprint density at radius 2 is 2.17 bits per heavy atom. The summed E-state index contributed by atoms with van der Waals surface area (Å²) in [6.07, 6.45) is 0. The Kier molecular flexibility index (Phi) is 3.81. The molecular formula is C13H11BrFNO2. The van der Waals surface area contributed by atoms with Crippen molar-refractivity contribution < 1.29 is 13.6 Å². The number of rotatable bonds is 3. The van der Waals surface area contributed by atoms with Gasteiger partial charge in [0, 0.05) is 4.47 Å². The van der Waals surface area contributed by atoms with Gasteiger partial charge in [-0.2, -0.15) is 0 Å². The zero-order valence-electron chi connectivity index (χ0n) is 9.67. The highest BCUT2D eigenvalue weighted by Gasteiger charge is 2.12. The number of benzene rings is 1. The Morgan fingerprint density at radius 3 is 2.83 bits per heavy atom. The summed E-state index contributed by atoms with van der Waals surface area (Å²) >= 11 is 3.20. The normalized spacial score (nSPS) is 10.4. The minimum atomic E-state index is -0.550. The molecule has 0 bridgehead atoms. The largest absolute Gasteiger partial charge is 0.465 e. The molecule has 0 unspecified atom stereocenters. The molecule has 1 heterocycles. The predicted molar refractivity (Wildman–Crippen MR) is 68.7 cm³/mol. The minimum Gasteiger partial charge on any atom is -0.465 e. The van der Waals surface area contributed by atoms with Gasteiger partial charge in [-0.25, -0.2) is 4.39 Å². The monoisotopic (exact) mass is 311 g/mol. The van der Waals surface area contributed by atoms with Crippen LogP contribution in [-0.2, 0) is 6.54 Å². The Bertz CT molecular complexity index is 580. The van der Waals surface area contributed by atoms with E-state index in [1.807, 2.05) is 6.92 Å². The van der Waals surface area contributed by atoms with Crippen LogP contribution >= 0.6 is 15.9 Å². The third kappa shape index (κ3) is 2.98. The van der Waals surface area contributed by atoms with Crippen molar-refractivity contribution in [3.63, 3.8) is 0 Å². The van der Waals surface area contributed by atoms with Crippen LogP contribution in [0.15, 0.2) is 39.2 Å². The molecule has 0 saturated heterocycles. The van der Waals surface area contributed by atoms with Crippen LogP contribution in [0.5, 0.6) is 0 Å². The SMILES string of the molecule is Cc1ccc(CNC(=O)c2cc(Br)ccc2F)o1. The zero-order chi connectivity index (χ0) is 13.1. The zero-order valence-corrected chi connectivity index (χ0v) is 11.3. The Morgan fingerprint density at radius 1 is 1.39 bits per heavy atom. The summed E-state index contributed by atoms with van der Waals surface area (Å²) < 4.78 is 19.4. The number of aryl methyl sites for hydroxylation is 1. The molecule has 0 radical (unpaired) electrons. The number of hydrogen-bond donors (Lipinski definition) is 1. The molecule has 18 heavy (non-hydrogen) atoms. The van der Waals surface area contributed by atoms with E-state index in [1.165, 1.54) is 12.1 Å². The molecule has 0 aliphatic rings. The highest BCUT2D eigenvalue weighted by Crippen LogP contribution is 2.15. The average molecular weight is 312 g/mol. The second-order valence-corrected chi connectivity index (χ2v) is 4.73. The second-order valence-electron chi connectivity index (χ2n) is 3.82. The Labute approximate surface area is 112 Å². The van der Waals surface area contributed by atoms with Crippen molar-refractivity contribution in [2.24, 2.45) is 0 Å². The van der Waals surface area contributed by atoms with Gasteiger partial charge < -0.3 is 9.73 Å². The first kappa shape index (κ1) is 12.8. The standard InChI is InChI=1S/C13H11BrFNO2/c1-8-2-4-10(18-8)7-16-13(17)11-6-9(14)3-5-12(11)15/h2-6H,7H2,1H3,(H,16,17). The third-order valence-corrected chi connectivity index (χ3v) is 2.89. The van der Waals surface area contributed by atoms with Crippen LogP contribution in [-0.4, -0.2) is 5.91 Å². The Balaban J connectivity index is 2.05. The molecule has 0 fully saturated rings. The molecule has 5 heteroatoms. The average Bonchev–Trinajstić information content (AvgIpc) is 2.75. The summed E-state index contributed by atoms with van der Waals surface area (Å²) in [7, 11) is 0. The van der Waals surface area contributed by atoms with E-state index in [2.05, 4.69) is 21.2 Å². The number of furan rings is 1. The predicted octanol–water partition coefficient (Wildman–Crippen LogP) is 3.42. The van der Waals surface area contributed by atoms with Crippen molar-refractivity contribution in [2.75, 3.05) is 0 Å². The van der Waals surface area contributed by atoms with Gasteiger partial charge in [-0.05, 0) is 37.3 Å². The van der Waals surface area contributed by atoms with Gasteiger partial charge >= 0.3 is 0 Å². The molecule has 0 aliphatic heterocycles. The molecule has 2 rings (SSSR count). The minimum absolute atomic E-state index is 0.00709. The van der Waals surface area contributed by atoms with E-state index >= 15 is 0 Å². The van der Waals surface area contributed by atoms with Gasteiger partial charge in [0.15, 0.2) is 0 Å². The summed E-state index contributed by atoms with van der Waals surface area (Å²) in [6.45, 7) is 2.05. The van der Waals surface area contributed by atoms with Crippen LogP contribution in [0.2, 0.25) is 0 Å². The van der Waals surface area contributed by atoms with E-state index in [4.69, 9.17) is 4.42 Å². The molecule has 1 N–H and O–H groups in total. The van der Waals surface area contributed by atoms with E-state index in [-0.39, 0.29) is 12.1 Å². The van der Waals surface area contributed by atoms with Gasteiger partial charge in [0.05, 0.1) is 12.1 Å². The fourth-order valence-electron chi connectivity index (χ4n) is 1.51. The molecule has 0 aliphatic carbocycles. The maximum atomic E-state index is 13.4. The number of hydrogen-bond acceptors (Lipinski definition) is 2. The van der Waals surface area contributed by atoms with Crippen molar-refractivity contribution in [1.82, 2.24) is 5.32 Å². The highest BCUT2D eigenvalue weighted by molar-refractivity contribution is 9.10. The first-order valence-electron chi connectivity index (χ1n) is 5.35. The highest BCUT2D eigenvalue weighted by atomic mass is 79.9. The fourth-order valence-corrected chi connectivity index (χ4v) is 1.88. The molecule has 0 spiro atoms. The van der Waals surface area contributed by atoms with Crippen LogP contribution in [0.3, 0.4) is 0 Å². The summed E-state index contributed by atoms with van der Waals surface area (Å²) in [5.41, 5.74) is 0.00709. The maximum absolute atomic E-state index is 13.4. The number of carbonyl (C=O) groups is 1. The van der Waals surface area contributed by atoms with E-state index in [9.17, 15) is 9.18 Å². The number of nitrogens with one attached hydrogen (secondary N) is 1. The topological polar surface area (TPSA) is 42.2 Å². The lowest BCUT2D eigenvalue weighted by molar-refractivity contribution is 0.0943. The molecule has 1 amide bonds. The molecule has 0 saturated carbocycles.